The first-order valence-corrected chi connectivity index (χ1v) is 10.7. The van der Waals surface area contributed by atoms with Gasteiger partial charge < -0.3 is 15.4 Å². The Morgan fingerprint density at radius 3 is 2.68 bits per heavy atom. The first-order valence-electron chi connectivity index (χ1n) is 9.92. The third-order valence-electron chi connectivity index (χ3n) is 4.89. The average Bonchev–Trinajstić information content (AvgIpc) is 3.51. The second-order valence-electron chi connectivity index (χ2n) is 7.35. The molecule has 2 amide bonds. The normalized spacial score (nSPS) is 13.1. The van der Waals surface area contributed by atoms with Crippen LogP contribution in [-0.2, 0) is 16.1 Å². The summed E-state index contributed by atoms with van der Waals surface area (Å²) in [6, 6.07) is 15.1. The molecule has 1 fully saturated rings. The van der Waals surface area contributed by atoms with Gasteiger partial charge in [-0.15, -0.1) is 5.10 Å². The highest BCUT2D eigenvalue weighted by atomic mass is 79.9. The van der Waals surface area contributed by atoms with Crippen LogP contribution in [0, 0.1) is 0 Å². The number of nitrogens with one attached hydrogen (secondary N) is 2. The number of hydrogen-bond donors (Lipinski definition) is 2. The summed E-state index contributed by atoms with van der Waals surface area (Å²) in [5, 5.41) is 14.1. The maximum atomic E-state index is 12.9. The zero-order valence-electron chi connectivity index (χ0n) is 17.0. The Hall–Kier alpha value is -3.04. The summed E-state index contributed by atoms with van der Waals surface area (Å²) < 4.78 is 7.55. The average molecular weight is 484 g/mol. The Labute approximate surface area is 188 Å². The molecular formula is C22H22BrN5O3. The van der Waals surface area contributed by atoms with Crippen molar-refractivity contribution in [2.75, 3.05) is 19.0 Å². The van der Waals surface area contributed by atoms with Crippen molar-refractivity contribution in [2.24, 2.45) is 0 Å². The molecule has 0 bridgehead atoms. The van der Waals surface area contributed by atoms with Crippen molar-refractivity contribution in [3.63, 3.8) is 0 Å². The number of ether oxygens (including phenoxy) is 1. The van der Waals surface area contributed by atoms with Crippen molar-refractivity contribution in [3.8, 4) is 5.69 Å². The zero-order valence-corrected chi connectivity index (χ0v) is 18.6. The second kappa shape index (κ2) is 9.40. The molecule has 0 spiro atoms. The number of anilines is 1. The van der Waals surface area contributed by atoms with E-state index in [0.29, 0.717) is 23.8 Å². The van der Waals surface area contributed by atoms with Crippen LogP contribution >= 0.6 is 15.9 Å². The molecule has 2 aromatic carbocycles. The summed E-state index contributed by atoms with van der Waals surface area (Å²) in [6.07, 6.45) is 2.04. The van der Waals surface area contributed by atoms with Gasteiger partial charge in [-0.05, 0) is 54.8 Å². The van der Waals surface area contributed by atoms with E-state index < -0.39 is 0 Å². The van der Waals surface area contributed by atoms with Gasteiger partial charge >= 0.3 is 0 Å². The maximum absolute atomic E-state index is 12.9. The second-order valence-corrected chi connectivity index (χ2v) is 8.27. The Morgan fingerprint density at radius 1 is 1.19 bits per heavy atom. The lowest BCUT2D eigenvalue weighted by Gasteiger charge is -2.09. The van der Waals surface area contributed by atoms with Gasteiger partial charge in [0.2, 0.25) is 5.91 Å². The number of carbonyl (C=O) groups is 2. The highest BCUT2D eigenvalue weighted by molar-refractivity contribution is 9.10. The molecule has 1 saturated carbocycles. The topological polar surface area (TPSA) is 98.1 Å². The van der Waals surface area contributed by atoms with Gasteiger partial charge in [0.15, 0.2) is 5.69 Å². The van der Waals surface area contributed by atoms with Crippen LogP contribution in [0.15, 0.2) is 53.0 Å². The number of benzene rings is 2. The van der Waals surface area contributed by atoms with Crippen molar-refractivity contribution < 1.29 is 14.3 Å². The highest BCUT2D eigenvalue weighted by Crippen LogP contribution is 2.42. The fraction of sp³-hybridized carbons (Fsp3) is 0.273. The van der Waals surface area contributed by atoms with E-state index in [-0.39, 0.29) is 18.4 Å². The van der Waals surface area contributed by atoms with Crippen LogP contribution in [0.2, 0.25) is 0 Å². The maximum Gasteiger partial charge on any atom is 0.274 e. The van der Waals surface area contributed by atoms with Crippen LogP contribution in [0.25, 0.3) is 5.69 Å². The Kier molecular flexibility index (Phi) is 6.43. The predicted molar refractivity (Wildman–Crippen MR) is 119 cm³/mol. The van der Waals surface area contributed by atoms with E-state index in [9.17, 15) is 9.59 Å². The molecule has 1 aliphatic rings. The minimum Gasteiger partial charge on any atom is -0.375 e. The molecule has 0 aliphatic heterocycles. The molecule has 31 heavy (non-hydrogen) atoms. The number of halogens is 1. The summed E-state index contributed by atoms with van der Waals surface area (Å²) in [5.41, 5.74) is 3.58. The molecule has 3 aromatic rings. The number of carbonyl (C=O) groups excluding carboxylic acids is 2. The number of methoxy groups -OCH3 is 1. The lowest BCUT2D eigenvalue weighted by molar-refractivity contribution is -0.119. The van der Waals surface area contributed by atoms with Gasteiger partial charge in [0.25, 0.3) is 5.91 Å². The minimum atomic E-state index is -0.265. The van der Waals surface area contributed by atoms with Crippen molar-refractivity contribution in [1.29, 1.82) is 0 Å². The standard InChI is InChI=1S/C22H22BrN5O3/c1-31-13-19(29)25-17-4-2-3-14(11-17)12-24-22(30)20-21(15-5-6-15)28(27-26-20)18-9-7-16(23)8-10-18/h2-4,7-11,15H,5-6,12-13H2,1H3,(H,24,30)(H,25,29). The van der Waals surface area contributed by atoms with Gasteiger partial charge in [-0.3, -0.25) is 9.59 Å². The summed E-state index contributed by atoms with van der Waals surface area (Å²) in [6.45, 7) is 0.293. The molecule has 8 nitrogen and oxygen atoms in total. The van der Waals surface area contributed by atoms with Crippen LogP contribution in [0.5, 0.6) is 0 Å². The van der Waals surface area contributed by atoms with E-state index in [1.165, 1.54) is 7.11 Å². The Balaban J connectivity index is 1.47. The van der Waals surface area contributed by atoms with E-state index in [2.05, 4.69) is 36.9 Å². The zero-order chi connectivity index (χ0) is 21.8. The van der Waals surface area contributed by atoms with E-state index in [4.69, 9.17) is 4.74 Å². The molecule has 160 valence electrons. The van der Waals surface area contributed by atoms with Crippen LogP contribution in [-0.4, -0.2) is 40.5 Å². The fourth-order valence-corrected chi connectivity index (χ4v) is 3.56. The summed E-state index contributed by atoms with van der Waals surface area (Å²) in [4.78, 5) is 24.6. The predicted octanol–water partition coefficient (Wildman–Crippen LogP) is 3.42. The van der Waals surface area contributed by atoms with Crippen LogP contribution < -0.4 is 10.6 Å². The van der Waals surface area contributed by atoms with Gasteiger partial charge in [0.1, 0.15) is 6.61 Å². The van der Waals surface area contributed by atoms with Gasteiger partial charge in [-0.2, -0.15) is 0 Å². The lowest BCUT2D eigenvalue weighted by atomic mass is 10.1. The van der Waals surface area contributed by atoms with Crippen molar-refractivity contribution in [1.82, 2.24) is 20.3 Å². The van der Waals surface area contributed by atoms with Crippen molar-refractivity contribution in [2.45, 2.75) is 25.3 Å². The molecule has 1 aliphatic carbocycles. The van der Waals surface area contributed by atoms with Gasteiger partial charge in [0, 0.05) is 29.7 Å². The van der Waals surface area contributed by atoms with Gasteiger partial charge in [-0.25, -0.2) is 4.68 Å². The quantitative estimate of drug-likeness (QED) is 0.511. The molecule has 0 atom stereocenters. The molecule has 0 saturated heterocycles. The number of nitrogens with zero attached hydrogens (tertiary/aromatic N) is 3. The summed E-state index contributed by atoms with van der Waals surface area (Å²) >= 11 is 3.44. The third kappa shape index (κ3) is 5.18. The monoisotopic (exact) mass is 483 g/mol. The van der Waals surface area contributed by atoms with E-state index in [1.807, 2.05) is 42.5 Å². The van der Waals surface area contributed by atoms with E-state index in [0.717, 1.165) is 34.3 Å². The van der Waals surface area contributed by atoms with Gasteiger partial charge in [-0.1, -0.05) is 33.3 Å². The Bertz CT molecular complexity index is 1090. The number of hydrogen-bond acceptors (Lipinski definition) is 5. The molecule has 1 heterocycles. The number of aromatic nitrogens is 3. The van der Waals surface area contributed by atoms with E-state index in [1.54, 1.807) is 10.7 Å². The van der Waals surface area contributed by atoms with E-state index >= 15 is 0 Å². The fourth-order valence-electron chi connectivity index (χ4n) is 3.30. The first kappa shape index (κ1) is 21.2. The molecule has 0 unspecified atom stereocenters. The van der Waals surface area contributed by atoms with Crippen LogP contribution in [0.3, 0.4) is 0 Å². The van der Waals surface area contributed by atoms with Gasteiger partial charge in [0.05, 0.1) is 11.4 Å². The highest BCUT2D eigenvalue weighted by Gasteiger charge is 2.34. The molecule has 0 radical (unpaired) electrons. The minimum absolute atomic E-state index is 0.0149. The summed E-state index contributed by atoms with van der Waals surface area (Å²) in [5.74, 6) is -0.208. The first-order chi connectivity index (χ1) is 15.0. The van der Waals surface area contributed by atoms with Crippen LogP contribution in [0.4, 0.5) is 5.69 Å². The molecule has 4 rings (SSSR count). The van der Waals surface area contributed by atoms with Crippen molar-refractivity contribution >= 4 is 33.4 Å². The number of amides is 2. The molecule has 2 N–H and O–H groups in total. The van der Waals surface area contributed by atoms with Crippen molar-refractivity contribution in [3.05, 3.63) is 70.0 Å². The SMILES string of the molecule is COCC(=O)Nc1cccc(CNC(=O)c2nnn(-c3ccc(Br)cc3)c2C2CC2)c1. The van der Waals surface area contributed by atoms with Crippen LogP contribution in [0.1, 0.15) is 40.5 Å². The third-order valence-corrected chi connectivity index (χ3v) is 5.42. The molecule has 9 heteroatoms. The smallest absolute Gasteiger partial charge is 0.274 e. The lowest BCUT2D eigenvalue weighted by Crippen LogP contribution is -2.24. The number of rotatable bonds is 8. The molecule has 1 aromatic heterocycles. The Morgan fingerprint density at radius 2 is 1.97 bits per heavy atom. The molecular weight excluding hydrogens is 462 g/mol. The largest absolute Gasteiger partial charge is 0.375 e. The summed E-state index contributed by atoms with van der Waals surface area (Å²) in [7, 11) is 1.47.